The van der Waals surface area contributed by atoms with E-state index in [0.29, 0.717) is 41.6 Å². The molecule has 0 atom stereocenters. The second-order valence-corrected chi connectivity index (χ2v) is 9.92. The van der Waals surface area contributed by atoms with Gasteiger partial charge in [0.25, 0.3) is 0 Å². The molecule has 0 heterocycles. The molecule has 6 nitrogen and oxygen atoms in total. The van der Waals surface area contributed by atoms with E-state index in [4.69, 9.17) is 17.3 Å². The number of carbonyl (C=O) groups is 1. The number of urea groups is 1. The van der Waals surface area contributed by atoms with Crippen molar-refractivity contribution in [2.45, 2.75) is 66.2 Å². The van der Waals surface area contributed by atoms with Gasteiger partial charge in [0.1, 0.15) is 5.82 Å². The van der Waals surface area contributed by atoms with E-state index in [2.05, 4.69) is 48.9 Å². The van der Waals surface area contributed by atoms with Gasteiger partial charge in [-0.05, 0) is 66.1 Å². The van der Waals surface area contributed by atoms with E-state index in [1.807, 2.05) is 51.2 Å². The minimum atomic E-state index is -0.249. The lowest BCUT2D eigenvalue weighted by atomic mass is 10.0. The molecule has 206 valence electrons. The lowest BCUT2D eigenvalue weighted by molar-refractivity contribution is 0.257. The number of nitrogen functional groups attached to an aromatic ring is 1. The maximum atomic E-state index is 14.0. The molecule has 0 aliphatic heterocycles. The first-order valence-corrected chi connectivity index (χ1v) is 13.9. The van der Waals surface area contributed by atoms with E-state index in [9.17, 15) is 4.79 Å². The Morgan fingerprint density at radius 1 is 1.08 bits per heavy atom. The Bertz CT molecular complexity index is 1120. The third-order valence-electron chi connectivity index (χ3n) is 6.56. The van der Waals surface area contributed by atoms with E-state index in [0.717, 1.165) is 48.1 Å². The number of benzene rings is 2. The van der Waals surface area contributed by atoms with Crippen LogP contribution in [0.25, 0.3) is 0 Å². The van der Waals surface area contributed by atoms with E-state index in [1.54, 1.807) is 11.0 Å². The topological polar surface area (TPSA) is 74.0 Å². The van der Waals surface area contributed by atoms with Crippen LogP contribution in [0.15, 0.2) is 59.4 Å². The standard InChI is InChI=1S/C31H44ClN5O/c1-8-12-13-14-24(20-34-22(5)36(6)7)21-37(25-17-15-23(9-2)16-18-25)31(38)35-30-26(10-3)28(32)19-29(33)27(30)11-4/h14-20H,5,8-13,21,33H2,1-4,6-7H3,(H,35,38)/b24-14+,34-20-. The van der Waals surface area contributed by atoms with Crippen LogP contribution in [0.4, 0.5) is 21.9 Å². The van der Waals surface area contributed by atoms with Crippen LogP contribution >= 0.6 is 11.6 Å². The zero-order chi connectivity index (χ0) is 28.2. The third-order valence-corrected chi connectivity index (χ3v) is 6.90. The summed E-state index contributed by atoms with van der Waals surface area (Å²) in [5.41, 5.74) is 12.3. The van der Waals surface area contributed by atoms with E-state index in [1.165, 1.54) is 5.56 Å². The zero-order valence-corrected chi connectivity index (χ0v) is 24.7. The number of hydrogen-bond donors (Lipinski definition) is 2. The van der Waals surface area contributed by atoms with Gasteiger partial charge in [-0.15, -0.1) is 0 Å². The molecule has 0 aliphatic rings. The molecule has 38 heavy (non-hydrogen) atoms. The van der Waals surface area contributed by atoms with Crippen molar-refractivity contribution < 1.29 is 4.79 Å². The first-order valence-electron chi connectivity index (χ1n) is 13.5. The molecule has 0 fully saturated rings. The van der Waals surface area contributed by atoms with Crippen molar-refractivity contribution in [3.8, 4) is 0 Å². The lowest BCUT2D eigenvalue weighted by Crippen LogP contribution is -2.37. The van der Waals surface area contributed by atoms with Gasteiger partial charge in [-0.25, -0.2) is 9.79 Å². The first kappa shape index (κ1) is 31.0. The van der Waals surface area contributed by atoms with Crippen molar-refractivity contribution in [2.75, 3.05) is 36.6 Å². The molecule has 0 bridgehead atoms. The second-order valence-electron chi connectivity index (χ2n) is 9.51. The van der Waals surface area contributed by atoms with Crippen LogP contribution < -0.4 is 16.0 Å². The average molecular weight is 538 g/mol. The predicted molar refractivity (Wildman–Crippen MR) is 166 cm³/mol. The summed E-state index contributed by atoms with van der Waals surface area (Å²) in [6, 6.07) is 9.63. The van der Waals surface area contributed by atoms with Crippen molar-refractivity contribution in [3.63, 3.8) is 0 Å². The third kappa shape index (κ3) is 8.38. The number of aryl methyl sites for hydroxylation is 1. The highest BCUT2D eigenvalue weighted by Crippen LogP contribution is 2.34. The fourth-order valence-corrected chi connectivity index (χ4v) is 4.45. The van der Waals surface area contributed by atoms with Crippen molar-refractivity contribution in [1.29, 1.82) is 0 Å². The monoisotopic (exact) mass is 537 g/mol. The number of anilines is 3. The molecule has 0 unspecified atom stereocenters. The van der Waals surface area contributed by atoms with E-state index < -0.39 is 0 Å². The molecule has 2 aromatic carbocycles. The number of halogens is 1. The first-order chi connectivity index (χ1) is 18.2. The number of aliphatic imine (C=N–C) groups is 1. The quantitative estimate of drug-likeness (QED) is 0.155. The summed E-state index contributed by atoms with van der Waals surface area (Å²) in [5, 5.41) is 3.73. The number of rotatable bonds is 13. The Labute approximate surface area is 234 Å². The number of nitrogens with zero attached hydrogens (tertiary/aromatic N) is 3. The van der Waals surface area contributed by atoms with Gasteiger partial charge >= 0.3 is 6.03 Å². The summed E-state index contributed by atoms with van der Waals surface area (Å²) >= 11 is 6.55. The predicted octanol–water partition coefficient (Wildman–Crippen LogP) is 7.87. The minimum Gasteiger partial charge on any atom is -0.398 e. The number of hydrogen-bond acceptors (Lipinski definition) is 4. The Balaban J connectivity index is 2.55. The molecule has 0 saturated carbocycles. The molecule has 2 aromatic rings. The maximum Gasteiger partial charge on any atom is 0.326 e. The van der Waals surface area contributed by atoms with Gasteiger partial charge in [0.15, 0.2) is 0 Å². The minimum absolute atomic E-state index is 0.249. The van der Waals surface area contributed by atoms with Gasteiger partial charge in [-0.2, -0.15) is 0 Å². The summed E-state index contributed by atoms with van der Waals surface area (Å²) in [7, 11) is 3.81. The number of amides is 2. The molecule has 0 spiro atoms. The Morgan fingerprint density at radius 3 is 2.29 bits per heavy atom. The number of allylic oxidation sites excluding steroid dienone is 1. The summed E-state index contributed by atoms with van der Waals surface area (Å²) in [6.07, 6.45) is 9.30. The number of nitrogens with one attached hydrogen (secondary N) is 1. The fraction of sp³-hybridized carbons (Fsp3) is 0.419. The van der Waals surface area contributed by atoms with Gasteiger partial charge in [-0.1, -0.05) is 76.9 Å². The number of carbonyl (C=O) groups excluding carboxylic acids is 1. The van der Waals surface area contributed by atoms with Crippen molar-refractivity contribution >= 4 is 40.9 Å². The van der Waals surface area contributed by atoms with Crippen LogP contribution in [0.1, 0.15) is 63.6 Å². The second kappa shape index (κ2) is 15.2. The Kier molecular flexibility index (Phi) is 12.4. The van der Waals surface area contributed by atoms with Gasteiger partial charge in [0.2, 0.25) is 0 Å². The highest BCUT2D eigenvalue weighted by molar-refractivity contribution is 6.32. The maximum absolute atomic E-state index is 14.0. The van der Waals surface area contributed by atoms with Crippen LogP contribution in [0.2, 0.25) is 5.02 Å². The fourth-order valence-electron chi connectivity index (χ4n) is 4.11. The van der Waals surface area contributed by atoms with Crippen LogP contribution in [0.3, 0.4) is 0 Å². The molecule has 2 amide bonds. The number of nitrogens with two attached hydrogens (primary N) is 1. The van der Waals surface area contributed by atoms with Crippen molar-refractivity contribution in [2.24, 2.45) is 4.99 Å². The summed E-state index contributed by atoms with van der Waals surface area (Å²) < 4.78 is 0. The normalized spacial score (nSPS) is 11.6. The molecule has 0 aromatic heterocycles. The Morgan fingerprint density at radius 2 is 1.74 bits per heavy atom. The van der Waals surface area contributed by atoms with E-state index >= 15 is 0 Å². The van der Waals surface area contributed by atoms with Crippen LogP contribution in [0.5, 0.6) is 0 Å². The molecule has 0 radical (unpaired) electrons. The lowest BCUT2D eigenvalue weighted by Gasteiger charge is -2.26. The average Bonchev–Trinajstić information content (AvgIpc) is 2.89. The van der Waals surface area contributed by atoms with Gasteiger partial charge in [0, 0.05) is 36.7 Å². The molecular weight excluding hydrogens is 494 g/mol. The molecule has 0 aliphatic carbocycles. The summed E-state index contributed by atoms with van der Waals surface area (Å²) in [6.45, 7) is 12.7. The molecule has 7 heteroatoms. The summed E-state index contributed by atoms with van der Waals surface area (Å²) in [4.78, 5) is 22.1. The van der Waals surface area contributed by atoms with Gasteiger partial charge in [-0.3, -0.25) is 4.90 Å². The highest BCUT2D eigenvalue weighted by atomic mass is 35.5. The van der Waals surface area contributed by atoms with Gasteiger partial charge < -0.3 is 16.0 Å². The molecular formula is C31H44ClN5O. The van der Waals surface area contributed by atoms with Gasteiger partial charge in [0.05, 0.1) is 12.2 Å². The van der Waals surface area contributed by atoms with Crippen LogP contribution in [-0.2, 0) is 19.3 Å². The van der Waals surface area contributed by atoms with Crippen LogP contribution in [0, 0.1) is 0 Å². The molecule has 3 N–H and O–H groups in total. The van der Waals surface area contributed by atoms with Crippen molar-refractivity contribution in [3.05, 3.63) is 76.1 Å². The molecule has 2 rings (SSSR count). The largest absolute Gasteiger partial charge is 0.398 e. The van der Waals surface area contributed by atoms with Crippen molar-refractivity contribution in [1.82, 2.24) is 4.90 Å². The highest BCUT2D eigenvalue weighted by Gasteiger charge is 2.22. The van der Waals surface area contributed by atoms with E-state index in [-0.39, 0.29) is 6.03 Å². The Hall–Kier alpha value is -3.25. The zero-order valence-electron chi connectivity index (χ0n) is 23.9. The SMILES string of the molecule is C=C(/N=C\C(=C/CCCC)CN(C(=O)Nc1c(CC)c(N)cc(Cl)c1CC)c1ccc(CC)cc1)N(C)C. The summed E-state index contributed by atoms with van der Waals surface area (Å²) in [5.74, 6) is 0.643. The number of unbranched alkanes of at least 4 members (excludes halogenated alkanes) is 2. The smallest absolute Gasteiger partial charge is 0.326 e. The van der Waals surface area contributed by atoms with Crippen LogP contribution in [-0.4, -0.2) is 37.8 Å². The molecule has 0 saturated heterocycles.